The van der Waals surface area contributed by atoms with Crippen LogP contribution < -0.4 is 10.6 Å². The number of nitrogens with one attached hydrogen (secondary N) is 2. The molecule has 3 rings (SSSR count). The SMILES string of the molecule is O=C(NCCCC(=O)N1CCO[C@H]2CCC[C@@H]21)NC1CCCCC1. The second kappa shape index (κ2) is 8.70. The topological polar surface area (TPSA) is 70.7 Å². The highest BCUT2D eigenvalue weighted by molar-refractivity contribution is 5.77. The Morgan fingerprint density at radius 2 is 1.88 bits per heavy atom. The fraction of sp³-hybridized carbons (Fsp3) is 0.889. The maximum Gasteiger partial charge on any atom is 0.315 e. The van der Waals surface area contributed by atoms with Crippen LogP contribution in [0.3, 0.4) is 0 Å². The van der Waals surface area contributed by atoms with Gasteiger partial charge >= 0.3 is 6.03 Å². The van der Waals surface area contributed by atoms with E-state index in [1.165, 1.54) is 19.3 Å². The van der Waals surface area contributed by atoms with E-state index in [0.29, 0.717) is 32.0 Å². The Bertz CT molecular complexity index is 437. The molecule has 0 aromatic rings. The smallest absolute Gasteiger partial charge is 0.315 e. The minimum Gasteiger partial charge on any atom is -0.374 e. The number of ether oxygens (including phenoxy) is 1. The average molecular weight is 337 g/mol. The lowest BCUT2D eigenvalue weighted by atomic mass is 9.96. The van der Waals surface area contributed by atoms with Crippen molar-refractivity contribution in [2.24, 2.45) is 0 Å². The summed E-state index contributed by atoms with van der Waals surface area (Å²) >= 11 is 0. The Kier molecular flexibility index (Phi) is 6.35. The highest BCUT2D eigenvalue weighted by Gasteiger charge is 2.37. The Hall–Kier alpha value is -1.30. The highest BCUT2D eigenvalue weighted by Crippen LogP contribution is 2.30. The summed E-state index contributed by atoms with van der Waals surface area (Å²) in [5.74, 6) is 0.213. The number of urea groups is 1. The number of morpholine rings is 1. The van der Waals surface area contributed by atoms with Gasteiger partial charge in [0.15, 0.2) is 0 Å². The molecule has 2 saturated carbocycles. The van der Waals surface area contributed by atoms with Crippen LogP contribution in [0.1, 0.15) is 64.2 Å². The number of fused-ring (bicyclic) bond motifs is 1. The van der Waals surface area contributed by atoms with E-state index in [2.05, 4.69) is 10.6 Å². The number of rotatable bonds is 5. The predicted octanol–water partition coefficient (Wildman–Crippen LogP) is 2.18. The van der Waals surface area contributed by atoms with Crippen LogP contribution in [0.15, 0.2) is 0 Å². The van der Waals surface area contributed by atoms with Gasteiger partial charge in [-0.05, 0) is 38.5 Å². The standard InChI is InChI=1S/C18H31N3O3/c22-17(21-12-13-24-16-9-4-8-15(16)21)10-5-11-19-18(23)20-14-6-2-1-3-7-14/h14-16H,1-13H2,(H2,19,20,23)/t15-,16-/m0/s1. The van der Waals surface area contributed by atoms with E-state index in [1.54, 1.807) is 0 Å². The molecule has 3 amide bonds. The summed E-state index contributed by atoms with van der Waals surface area (Å²) in [6.07, 6.45) is 10.6. The van der Waals surface area contributed by atoms with Gasteiger partial charge in [-0.3, -0.25) is 4.79 Å². The molecule has 0 aromatic carbocycles. The quantitative estimate of drug-likeness (QED) is 0.756. The third kappa shape index (κ3) is 4.62. The minimum atomic E-state index is -0.0865. The zero-order valence-electron chi connectivity index (χ0n) is 14.6. The van der Waals surface area contributed by atoms with Crippen LogP contribution in [0.25, 0.3) is 0 Å². The van der Waals surface area contributed by atoms with Crippen LogP contribution >= 0.6 is 0 Å². The third-order valence-corrected chi connectivity index (χ3v) is 5.60. The van der Waals surface area contributed by atoms with Crippen molar-refractivity contribution in [3.8, 4) is 0 Å². The van der Waals surface area contributed by atoms with E-state index in [9.17, 15) is 9.59 Å². The van der Waals surface area contributed by atoms with Crippen molar-refractivity contribution >= 4 is 11.9 Å². The molecule has 3 aliphatic rings. The molecule has 3 fully saturated rings. The van der Waals surface area contributed by atoms with Crippen molar-refractivity contribution in [1.29, 1.82) is 0 Å². The lowest BCUT2D eigenvalue weighted by Crippen LogP contribution is -2.51. The summed E-state index contributed by atoms with van der Waals surface area (Å²) in [5.41, 5.74) is 0. The van der Waals surface area contributed by atoms with E-state index in [-0.39, 0.29) is 24.1 Å². The molecule has 136 valence electrons. The monoisotopic (exact) mass is 337 g/mol. The molecule has 0 unspecified atom stereocenters. The van der Waals surface area contributed by atoms with E-state index in [1.807, 2.05) is 4.90 Å². The maximum atomic E-state index is 12.4. The Labute approximate surface area is 144 Å². The molecule has 1 saturated heterocycles. The van der Waals surface area contributed by atoms with Crippen molar-refractivity contribution in [3.63, 3.8) is 0 Å². The van der Waals surface area contributed by atoms with Crippen LogP contribution in [0.5, 0.6) is 0 Å². The highest BCUT2D eigenvalue weighted by atomic mass is 16.5. The van der Waals surface area contributed by atoms with Gasteiger partial charge in [0.1, 0.15) is 0 Å². The summed E-state index contributed by atoms with van der Waals surface area (Å²) < 4.78 is 5.75. The summed E-state index contributed by atoms with van der Waals surface area (Å²) in [7, 11) is 0. The maximum absolute atomic E-state index is 12.4. The van der Waals surface area contributed by atoms with Crippen molar-refractivity contribution in [2.75, 3.05) is 19.7 Å². The predicted molar refractivity (Wildman–Crippen MR) is 91.7 cm³/mol. The largest absolute Gasteiger partial charge is 0.374 e. The summed E-state index contributed by atoms with van der Waals surface area (Å²) in [5, 5.41) is 5.93. The molecule has 6 nitrogen and oxygen atoms in total. The van der Waals surface area contributed by atoms with Gasteiger partial charge in [-0.2, -0.15) is 0 Å². The Balaban J connectivity index is 1.31. The number of nitrogens with zero attached hydrogens (tertiary/aromatic N) is 1. The Morgan fingerprint density at radius 3 is 2.71 bits per heavy atom. The molecule has 1 aliphatic heterocycles. The minimum absolute atomic E-state index is 0.0865. The summed E-state index contributed by atoms with van der Waals surface area (Å²) in [6, 6.07) is 0.526. The first-order chi connectivity index (χ1) is 11.7. The number of carbonyl (C=O) groups excluding carboxylic acids is 2. The number of hydrogen-bond donors (Lipinski definition) is 2. The summed E-state index contributed by atoms with van der Waals surface area (Å²) in [6.45, 7) is 1.94. The summed E-state index contributed by atoms with van der Waals surface area (Å²) in [4.78, 5) is 26.3. The van der Waals surface area contributed by atoms with Gasteiger partial charge in [0.25, 0.3) is 0 Å². The van der Waals surface area contributed by atoms with Crippen molar-refractivity contribution in [2.45, 2.75) is 82.4 Å². The van der Waals surface area contributed by atoms with E-state index in [0.717, 1.165) is 38.6 Å². The molecule has 24 heavy (non-hydrogen) atoms. The number of carbonyl (C=O) groups is 2. The molecule has 0 radical (unpaired) electrons. The van der Waals surface area contributed by atoms with Crippen molar-refractivity contribution < 1.29 is 14.3 Å². The van der Waals surface area contributed by atoms with Gasteiger partial charge in [-0.15, -0.1) is 0 Å². The normalized spacial score (nSPS) is 27.6. The zero-order valence-corrected chi connectivity index (χ0v) is 14.6. The molecule has 2 atom stereocenters. The molecule has 0 aromatic heterocycles. The van der Waals surface area contributed by atoms with Gasteiger partial charge in [0, 0.05) is 25.6 Å². The van der Waals surface area contributed by atoms with Crippen LogP contribution in [-0.4, -0.2) is 54.7 Å². The van der Waals surface area contributed by atoms with Crippen LogP contribution in [0, 0.1) is 0 Å². The lowest BCUT2D eigenvalue weighted by Gasteiger charge is -2.37. The van der Waals surface area contributed by atoms with E-state index < -0.39 is 0 Å². The lowest BCUT2D eigenvalue weighted by molar-refractivity contribution is -0.144. The van der Waals surface area contributed by atoms with E-state index >= 15 is 0 Å². The van der Waals surface area contributed by atoms with Crippen molar-refractivity contribution in [3.05, 3.63) is 0 Å². The molecule has 1 heterocycles. The first kappa shape index (κ1) is 17.5. The van der Waals surface area contributed by atoms with Crippen molar-refractivity contribution in [1.82, 2.24) is 15.5 Å². The van der Waals surface area contributed by atoms with Gasteiger partial charge in [-0.25, -0.2) is 4.79 Å². The van der Waals surface area contributed by atoms with Gasteiger partial charge < -0.3 is 20.3 Å². The Morgan fingerprint density at radius 1 is 1.04 bits per heavy atom. The molecule has 2 N–H and O–H groups in total. The fourth-order valence-corrected chi connectivity index (χ4v) is 4.30. The fourth-order valence-electron chi connectivity index (χ4n) is 4.30. The molecule has 6 heteroatoms. The molecule has 2 aliphatic carbocycles. The average Bonchev–Trinajstić information content (AvgIpc) is 3.08. The van der Waals surface area contributed by atoms with Crippen LogP contribution in [0.4, 0.5) is 4.79 Å². The van der Waals surface area contributed by atoms with Gasteiger partial charge in [-0.1, -0.05) is 19.3 Å². The zero-order chi connectivity index (χ0) is 16.8. The molecule has 0 spiro atoms. The third-order valence-electron chi connectivity index (χ3n) is 5.60. The van der Waals surface area contributed by atoms with E-state index in [4.69, 9.17) is 4.74 Å². The van der Waals surface area contributed by atoms with Gasteiger partial charge in [0.05, 0.1) is 18.8 Å². The van der Waals surface area contributed by atoms with Crippen LogP contribution in [-0.2, 0) is 9.53 Å². The molecular weight excluding hydrogens is 306 g/mol. The second-order valence-corrected chi connectivity index (χ2v) is 7.33. The molecule has 0 bridgehead atoms. The second-order valence-electron chi connectivity index (χ2n) is 7.33. The number of hydrogen-bond acceptors (Lipinski definition) is 3. The first-order valence-corrected chi connectivity index (χ1v) is 9.69. The first-order valence-electron chi connectivity index (χ1n) is 9.69. The number of amides is 3. The van der Waals surface area contributed by atoms with Crippen LogP contribution in [0.2, 0.25) is 0 Å². The van der Waals surface area contributed by atoms with Gasteiger partial charge in [0.2, 0.25) is 5.91 Å². The molecular formula is C18H31N3O3.